The number of hydrogen-bond donors (Lipinski definition) is 3. The number of phenolic OH excluding ortho intramolecular Hbond substituents is 2. The molecule has 92 valence electrons. The normalized spacial score (nSPS) is 10.1. The van der Waals surface area contributed by atoms with Crippen molar-refractivity contribution in [3.8, 4) is 11.5 Å². The van der Waals surface area contributed by atoms with Crippen molar-refractivity contribution >= 4 is 23.2 Å². The van der Waals surface area contributed by atoms with Gasteiger partial charge in [-0.1, -0.05) is 23.7 Å². The van der Waals surface area contributed by atoms with Crippen LogP contribution in [0.25, 0.3) is 0 Å². The first-order chi connectivity index (χ1) is 8.58. The van der Waals surface area contributed by atoms with Gasteiger partial charge in [-0.25, -0.2) is 0 Å². The summed E-state index contributed by atoms with van der Waals surface area (Å²) in [7, 11) is 0. The first-order valence-electron chi connectivity index (χ1n) is 5.16. The summed E-state index contributed by atoms with van der Waals surface area (Å²) >= 11 is 5.79. The fourth-order valence-electron chi connectivity index (χ4n) is 1.48. The lowest BCUT2D eigenvalue weighted by atomic mass is 10.1. The Hall–Kier alpha value is -2.20. The van der Waals surface area contributed by atoms with Gasteiger partial charge in [-0.05, 0) is 30.3 Å². The lowest BCUT2D eigenvalue weighted by molar-refractivity contribution is 0.102. The van der Waals surface area contributed by atoms with E-state index in [9.17, 15) is 15.0 Å². The van der Waals surface area contributed by atoms with Gasteiger partial charge in [-0.15, -0.1) is 0 Å². The number of anilines is 1. The second kappa shape index (κ2) is 4.98. The van der Waals surface area contributed by atoms with Crippen LogP contribution in [-0.2, 0) is 0 Å². The molecular weight excluding hydrogens is 254 g/mol. The molecular formula is C13H10ClNO3. The van der Waals surface area contributed by atoms with Crippen molar-refractivity contribution in [1.82, 2.24) is 0 Å². The van der Waals surface area contributed by atoms with Crippen molar-refractivity contribution in [2.45, 2.75) is 0 Å². The van der Waals surface area contributed by atoms with Crippen LogP contribution in [0.15, 0.2) is 42.5 Å². The highest BCUT2D eigenvalue weighted by atomic mass is 35.5. The molecule has 0 fully saturated rings. The third kappa shape index (κ3) is 2.55. The second-order valence-corrected chi connectivity index (χ2v) is 4.07. The number of aromatic hydroxyl groups is 2. The van der Waals surface area contributed by atoms with Gasteiger partial charge in [0, 0.05) is 10.7 Å². The number of benzene rings is 2. The van der Waals surface area contributed by atoms with Gasteiger partial charge in [-0.3, -0.25) is 4.79 Å². The van der Waals surface area contributed by atoms with Crippen molar-refractivity contribution in [2.75, 3.05) is 5.32 Å². The molecule has 18 heavy (non-hydrogen) atoms. The summed E-state index contributed by atoms with van der Waals surface area (Å²) in [6.07, 6.45) is 0. The fourth-order valence-corrected chi connectivity index (χ4v) is 1.67. The maximum Gasteiger partial charge on any atom is 0.259 e. The van der Waals surface area contributed by atoms with Crippen molar-refractivity contribution in [3.63, 3.8) is 0 Å². The molecule has 2 aromatic rings. The molecule has 0 atom stereocenters. The highest BCUT2D eigenvalue weighted by Crippen LogP contribution is 2.28. The largest absolute Gasteiger partial charge is 0.504 e. The summed E-state index contributed by atoms with van der Waals surface area (Å²) < 4.78 is 0. The third-order valence-electron chi connectivity index (χ3n) is 2.34. The Balaban J connectivity index is 2.25. The van der Waals surface area contributed by atoms with Gasteiger partial charge >= 0.3 is 0 Å². The van der Waals surface area contributed by atoms with Crippen LogP contribution in [0.5, 0.6) is 11.5 Å². The number of carbonyl (C=O) groups is 1. The molecule has 0 bridgehead atoms. The van der Waals surface area contributed by atoms with E-state index in [2.05, 4.69) is 5.32 Å². The van der Waals surface area contributed by atoms with E-state index in [0.717, 1.165) is 0 Å². The monoisotopic (exact) mass is 263 g/mol. The van der Waals surface area contributed by atoms with Crippen LogP contribution in [0.1, 0.15) is 10.4 Å². The number of nitrogens with one attached hydrogen (secondary N) is 1. The van der Waals surface area contributed by atoms with Crippen LogP contribution in [-0.4, -0.2) is 16.1 Å². The Kier molecular flexibility index (Phi) is 3.39. The lowest BCUT2D eigenvalue weighted by Crippen LogP contribution is -2.11. The van der Waals surface area contributed by atoms with Crippen LogP contribution >= 0.6 is 11.6 Å². The predicted octanol–water partition coefficient (Wildman–Crippen LogP) is 3.00. The van der Waals surface area contributed by atoms with E-state index in [1.54, 1.807) is 24.3 Å². The van der Waals surface area contributed by atoms with Crippen LogP contribution in [0.4, 0.5) is 5.69 Å². The van der Waals surface area contributed by atoms with Crippen LogP contribution in [0, 0.1) is 0 Å². The van der Waals surface area contributed by atoms with Crippen molar-refractivity contribution < 1.29 is 15.0 Å². The van der Waals surface area contributed by atoms with E-state index in [4.69, 9.17) is 11.6 Å². The molecule has 2 aromatic carbocycles. The van der Waals surface area contributed by atoms with Gasteiger partial charge in [0.25, 0.3) is 5.91 Å². The summed E-state index contributed by atoms with van der Waals surface area (Å²) in [4.78, 5) is 11.9. The zero-order valence-corrected chi connectivity index (χ0v) is 9.98. The first-order valence-corrected chi connectivity index (χ1v) is 5.53. The highest BCUT2D eigenvalue weighted by molar-refractivity contribution is 6.31. The van der Waals surface area contributed by atoms with E-state index in [0.29, 0.717) is 10.7 Å². The van der Waals surface area contributed by atoms with E-state index in [1.165, 1.54) is 18.2 Å². The Morgan fingerprint density at radius 2 is 1.83 bits per heavy atom. The minimum Gasteiger partial charge on any atom is -0.504 e. The molecule has 0 saturated carbocycles. The molecule has 0 aromatic heterocycles. The molecule has 0 unspecified atom stereocenters. The Morgan fingerprint density at radius 3 is 2.56 bits per heavy atom. The molecule has 0 aliphatic heterocycles. The number of amides is 1. The molecule has 5 heteroatoms. The van der Waals surface area contributed by atoms with E-state index >= 15 is 0 Å². The Morgan fingerprint density at radius 1 is 1.11 bits per heavy atom. The average Bonchev–Trinajstić information content (AvgIpc) is 2.32. The standard InChI is InChI=1S/C13H10ClNO3/c14-8-3-1-4-9(7-8)15-13(18)10-5-2-6-11(16)12(10)17/h1-7,16-17H,(H,15,18). The van der Waals surface area contributed by atoms with Gasteiger partial charge < -0.3 is 15.5 Å². The zero-order chi connectivity index (χ0) is 13.1. The SMILES string of the molecule is O=C(Nc1cccc(Cl)c1)c1cccc(O)c1O. The summed E-state index contributed by atoms with van der Waals surface area (Å²) in [5, 5.41) is 21.9. The molecule has 0 radical (unpaired) electrons. The highest BCUT2D eigenvalue weighted by Gasteiger charge is 2.13. The molecule has 3 N–H and O–H groups in total. The van der Waals surface area contributed by atoms with E-state index in [1.807, 2.05) is 0 Å². The molecule has 0 saturated heterocycles. The number of hydrogen-bond acceptors (Lipinski definition) is 3. The maximum atomic E-state index is 11.9. The summed E-state index contributed by atoms with van der Waals surface area (Å²) in [6.45, 7) is 0. The molecule has 4 nitrogen and oxygen atoms in total. The minimum absolute atomic E-state index is 0.00465. The third-order valence-corrected chi connectivity index (χ3v) is 2.58. The van der Waals surface area contributed by atoms with Crippen LogP contribution in [0.3, 0.4) is 0 Å². The molecule has 0 spiro atoms. The summed E-state index contributed by atoms with van der Waals surface area (Å²) in [6, 6.07) is 10.8. The van der Waals surface area contributed by atoms with Gasteiger partial charge in [0.1, 0.15) is 0 Å². The smallest absolute Gasteiger partial charge is 0.259 e. The van der Waals surface area contributed by atoms with Gasteiger partial charge in [-0.2, -0.15) is 0 Å². The number of rotatable bonds is 2. The average molecular weight is 264 g/mol. The van der Waals surface area contributed by atoms with E-state index < -0.39 is 11.7 Å². The Bertz CT molecular complexity index is 599. The van der Waals surface area contributed by atoms with Crippen LogP contribution in [0.2, 0.25) is 5.02 Å². The zero-order valence-electron chi connectivity index (χ0n) is 9.22. The van der Waals surface area contributed by atoms with E-state index in [-0.39, 0.29) is 11.3 Å². The van der Waals surface area contributed by atoms with Gasteiger partial charge in [0.2, 0.25) is 0 Å². The van der Waals surface area contributed by atoms with Crippen molar-refractivity contribution in [3.05, 3.63) is 53.1 Å². The Labute approximate surface area is 108 Å². The number of halogens is 1. The van der Waals surface area contributed by atoms with Crippen LogP contribution < -0.4 is 5.32 Å². The second-order valence-electron chi connectivity index (χ2n) is 3.64. The molecule has 0 aliphatic carbocycles. The molecule has 1 amide bonds. The van der Waals surface area contributed by atoms with Crippen molar-refractivity contribution in [1.29, 1.82) is 0 Å². The topological polar surface area (TPSA) is 69.6 Å². The number of phenols is 2. The quantitative estimate of drug-likeness (QED) is 0.730. The summed E-state index contributed by atoms with van der Waals surface area (Å²) in [5.74, 6) is -1.31. The molecule has 0 heterocycles. The molecule has 2 rings (SSSR count). The number of para-hydroxylation sites is 1. The lowest BCUT2D eigenvalue weighted by Gasteiger charge is -2.07. The first kappa shape index (κ1) is 12.3. The van der Waals surface area contributed by atoms with Gasteiger partial charge in [0.05, 0.1) is 5.56 Å². The number of carbonyl (C=O) groups excluding carboxylic acids is 1. The van der Waals surface area contributed by atoms with Crippen molar-refractivity contribution in [2.24, 2.45) is 0 Å². The molecule has 0 aliphatic rings. The fraction of sp³-hybridized carbons (Fsp3) is 0. The van der Waals surface area contributed by atoms with Gasteiger partial charge in [0.15, 0.2) is 11.5 Å². The minimum atomic E-state index is -0.523. The summed E-state index contributed by atoms with van der Waals surface area (Å²) in [5.41, 5.74) is 0.505. The maximum absolute atomic E-state index is 11.9. The predicted molar refractivity (Wildman–Crippen MR) is 69.2 cm³/mol.